The van der Waals surface area contributed by atoms with Crippen LogP contribution in [0.2, 0.25) is 5.02 Å². The summed E-state index contributed by atoms with van der Waals surface area (Å²) >= 11 is 8.74. The first-order valence-corrected chi connectivity index (χ1v) is 12.2. The Hall–Kier alpha value is -2.14. The number of benzene rings is 3. The Bertz CT molecular complexity index is 1140. The maximum atomic E-state index is 13.4. The largest absolute Gasteiger partial charge is 0.355 e. The van der Waals surface area contributed by atoms with E-state index in [1.54, 1.807) is 4.90 Å². The van der Waals surface area contributed by atoms with Gasteiger partial charge in [0.15, 0.2) is 6.10 Å². The van der Waals surface area contributed by atoms with E-state index in [9.17, 15) is 10.1 Å². The van der Waals surface area contributed by atoms with Gasteiger partial charge < -0.3 is 9.64 Å². The van der Waals surface area contributed by atoms with Crippen molar-refractivity contribution in [1.29, 1.82) is 5.26 Å². The van der Waals surface area contributed by atoms with Crippen LogP contribution in [0.4, 0.5) is 5.69 Å². The zero-order valence-corrected chi connectivity index (χ0v) is 19.8. The van der Waals surface area contributed by atoms with Crippen molar-refractivity contribution in [2.24, 2.45) is 0 Å². The summed E-state index contributed by atoms with van der Waals surface area (Å²) in [4.78, 5) is 15.2. The summed E-state index contributed by atoms with van der Waals surface area (Å²) in [6.45, 7) is 0.587. The molecule has 0 fully saturated rings. The van der Waals surface area contributed by atoms with Crippen LogP contribution in [0.1, 0.15) is 36.5 Å². The fourth-order valence-corrected chi connectivity index (χ4v) is 4.82. The van der Waals surface area contributed by atoms with E-state index in [2.05, 4.69) is 46.9 Å². The van der Waals surface area contributed by atoms with E-state index in [0.29, 0.717) is 11.6 Å². The van der Waals surface area contributed by atoms with Gasteiger partial charge >= 0.3 is 0 Å². The first-order chi connectivity index (χ1) is 15.1. The zero-order chi connectivity index (χ0) is 21.8. The molecule has 0 saturated heterocycles. The van der Waals surface area contributed by atoms with E-state index in [1.807, 2.05) is 42.5 Å². The van der Waals surface area contributed by atoms with Gasteiger partial charge in [-0.3, -0.25) is 4.79 Å². The van der Waals surface area contributed by atoms with Crippen molar-refractivity contribution in [3.05, 3.63) is 76.8 Å². The van der Waals surface area contributed by atoms with E-state index in [4.69, 9.17) is 16.3 Å². The van der Waals surface area contributed by atoms with Crippen LogP contribution in [0.5, 0.6) is 0 Å². The maximum absolute atomic E-state index is 13.4. The maximum Gasteiger partial charge on any atom is 0.257 e. The average Bonchev–Trinajstić information content (AvgIpc) is 2.89. The minimum absolute atomic E-state index is 0.00457. The van der Waals surface area contributed by atoms with Crippen LogP contribution in [0.3, 0.4) is 0 Å². The lowest BCUT2D eigenvalue weighted by Crippen LogP contribution is -2.39. The molecule has 0 aromatic heterocycles. The number of carbonyl (C=O) groups excluding carboxylic acids is 1. The van der Waals surface area contributed by atoms with E-state index >= 15 is 0 Å². The van der Waals surface area contributed by atoms with Gasteiger partial charge in [-0.2, -0.15) is 5.26 Å². The molecule has 158 valence electrons. The Morgan fingerprint density at radius 1 is 1.06 bits per heavy atom. The van der Waals surface area contributed by atoms with Gasteiger partial charge in [0.05, 0.1) is 12.5 Å². The number of amides is 1. The summed E-state index contributed by atoms with van der Waals surface area (Å²) in [6, 6.07) is 21.9. The highest BCUT2D eigenvalue weighted by Crippen LogP contribution is 2.42. The van der Waals surface area contributed by atoms with Gasteiger partial charge in [0.2, 0.25) is 0 Å². The summed E-state index contributed by atoms with van der Waals surface area (Å²) in [5.74, 6) is -0.165. The topological polar surface area (TPSA) is 53.3 Å². The summed E-state index contributed by atoms with van der Waals surface area (Å²) in [5.41, 5.74) is 2.62. The minimum Gasteiger partial charge on any atom is -0.355 e. The van der Waals surface area contributed by atoms with Crippen LogP contribution >= 0.6 is 34.2 Å². The highest BCUT2D eigenvalue weighted by molar-refractivity contribution is 14.1. The SMILES string of the molecule is N#CC[C@@H]1O[C@@H](c2cccc3ccccc23)c2cc(Cl)ccc2N(CCCCI)C1=O. The van der Waals surface area contributed by atoms with Crippen molar-refractivity contribution < 1.29 is 9.53 Å². The average molecular weight is 545 g/mol. The second kappa shape index (κ2) is 9.99. The number of ether oxygens (including phenoxy) is 1. The summed E-state index contributed by atoms with van der Waals surface area (Å²) in [7, 11) is 0. The highest BCUT2D eigenvalue weighted by Gasteiger charge is 2.36. The van der Waals surface area contributed by atoms with Gasteiger partial charge in [-0.15, -0.1) is 0 Å². The molecule has 3 aromatic rings. The highest BCUT2D eigenvalue weighted by atomic mass is 127. The molecule has 1 amide bonds. The second-order valence-corrected chi connectivity index (χ2v) is 9.04. The number of unbranched alkanes of at least 4 members (excludes halogenated alkanes) is 1. The van der Waals surface area contributed by atoms with E-state index < -0.39 is 12.2 Å². The molecule has 4 rings (SSSR count). The van der Waals surface area contributed by atoms with Crippen LogP contribution < -0.4 is 4.90 Å². The van der Waals surface area contributed by atoms with Crippen LogP contribution in [0.25, 0.3) is 10.8 Å². The molecule has 1 aliphatic heterocycles. The predicted octanol–water partition coefficient (Wildman–Crippen LogP) is 6.44. The quantitative estimate of drug-likeness (QED) is 0.204. The zero-order valence-electron chi connectivity index (χ0n) is 16.9. The van der Waals surface area contributed by atoms with E-state index in [-0.39, 0.29) is 12.3 Å². The van der Waals surface area contributed by atoms with Gasteiger partial charge in [0.1, 0.15) is 6.10 Å². The summed E-state index contributed by atoms with van der Waals surface area (Å²) in [6.07, 6.45) is 0.569. The fraction of sp³-hybridized carbons (Fsp3) is 0.280. The number of hydrogen-bond acceptors (Lipinski definition) is 3. The molecule has 4 nitrogen and oxygen atoms in total. The van der Waals surface area contributed by atoms with Crippen molar-refractivity contribution >= 4 is 56.6 Å². The Balaban J connectivity index is 1.89. The van der Waals surface area contributed by atoms with Crippen LogP contribution in [-0.2, 0) is 9.53 Å². The van der Waals surface area contributed by atoms with Gasteiger partial charge in [0.25, 0.3) is 5.91 Å². The molecule has 0 saturated carbocycles. The lowest BCUT2D eigenvalue weighted by atomic mass is 9.94. The molecule has 3 aromatic carbocycles. The lowest BCUT2D eigenvalue weighted by Gasteiger charge is -2.24. The monoisotopic (exact) mass is 544 g/mol. The standard InChI is InChI=1S/C25H22ClIN2O2/c26-18-10-11-22-21(16-18)24(20-9-5-7-17-6-1-2-8-19(17)20)31-23(12-14-28)25(30)29(22)15-4-3-13-27/h1-2,5-11,16,23-24H,3-4,12-13,15H2/t23-,24-/m0/s1. The van der Waals surface area contributed by atoms with Gasteiger partial charge in [-0.1, -0.05) is 76.7 Å². The minimum atomic E-state index is -0.834. The second-order valence-electron chi connectivity index (χ2n) is 7.52. The molecule has 0 radical (unpaired) electrons. The molecule has 0 bridgehead atoms. The Kier molecular flexibility index (Phi) is 7.11. The number of nitriles is 1. The number of nitrogens with zero attached hydrogens (tertiary/aromatic N) is 2. The molecular formula is C25H22ClIN2O2. The lowest BCUT2D eigenvalue weighted by molar-refractivity contribution is -0.131. The summed E-state index contributed by atoms with van der Waals surface area (Å²) in [5, 5.41) is 12.1. The first-order valence-electron chi connectivity index (χ1n) is 10.3. The van der Waals surface area contributed by atoms with Gasteiger partial charge in [-0.05, 0) is 51.8 Å². The van der Waals surface area contributed by atoms with Crippen LogP contribution in [0, 0.1) is 11.3 Å². The Morgan fingerprint density at radius 3 is 2.68 bits per heavy atom. The van der Waals surface area contributed by atoms with Crippen molar-refractivity contribution in [3.8, 4) is 6.07 Å². The third kappa shape index (κ3) is 4.57. The number of carbonyl (C=O) groups is 1. The van der Waals surface area contributed by atoms with Crippen molar-refractivity contribution in [3.63, 3.8) is 0 Å². The number of halogens is 2. The molecule has 2 atom stereocenters. The number of anilines is 1. The molecule has 1 heterocycles. The smallest absolute Gasteiger partial charge is 0.257 e. The molecule has 6 heteroatoms. The number of alkyl halides is 1. The third-order valence-electron chi connectivity index (χ3n) is 5.55. The summed E-state index contributed by atoms with van der Waals surface area (Å²) < 4.78 is 7.43. The van der Waals surface area contributed by atoms with E-state index in [0.717, 1.165) is 44.9 Å². The third-order valence-corrected chi connectivity index (χ3v) is 6.55. The molecule has 1 aliphatic rings. The normalized spacial score (nSPS) is 18.5. The predicted molar refractivity (Wildman–Crippen MR) is 133 cm³/mol. The molecule has 0 aliphatic carbocycles. The Labute approximate surface area is 200 Å². The fourth-order valence-electron chi connectivity index (χ4n) is 4.10. The molecule has 0 unspecified atom stereocenters. The first kappa shape index (κ1) is 22.1. The molecular weight excluding hydrogens is 523 g/mol. The molecule has 0 spiro atoms. The molecule has 31 heavy (non-hydrogen) atoms. The number of hydrogen-bond donors (Lipinski definition) is 0. The number of fused-ring (bicyclic) bond motifs is 2. The van der Waals surface area contributed by atoms with Crippen molar-refractivity contribution in [2.45, 2.75) is 31.5 Å². The Morgan fingerprint density at radius 2 is 1.87 bits per heavy atom. The number of rotatable bonds is 6. The van der Waals surface area contributed by atoms with Gasteiger partial charge in [-0.25, -0.2) is 0 Å². The molecule has 0 N–H and O–H groups in total. The van der Waals surface area contributed by atoms with Crippen LogP contribution in [-0.4, -0.2) is 23.0 Å². The van der Waals surface area contributed by atoms with E-state index in [1.165, 1.54) is 0 Å². The van der Waals surface area contributed by atoms with Crippen molar-refractivity contribution in [2.75, 3.05) is 15.9 Å². The van der Waals surface area contributed by atoms with Gasteiger partial charge in [0, 0.05) is 22.8 Å². The van der Waals surface area contributed by atoms with Crippen molar-refractivity contribution in [1.82, 2.24) is 0 Å². The van der Waals surface area contributed by atoms with Crippen LogP contribution in [0.15, 0.2) is 60.7 Å².